The predicted octanol–water partition coefficient (Wildman–Crippen LogP) is 2.78. The zero-order valence-corrected chi connectivity index (χ0v) is 8.49. The fourth-order valence-electron chi connectivity index (χ4n) is 1.32. The van der Waals surface area contributed by atoms with Gasteiger partial charge in [-0.3, -0.25) is 0 Å². The van der Waals surface area contributed by atoms with Gasteiger partial charge in [-0.1, -0.05) is 20.3 Å². The van der Waals surface area contributed by atoms with E-state index in [2.05, 4.69) is 13.8 Å². The van der Waals surface area contributed by atoms with E-state index in [1.165, 1.54) is 12.8 Å². The molecular weight excluding hydrogens is 159 g/mol. The Hall–Kier alpha value is 0.350. The van der Waals surface area contributed by atoms with E-state index in [0.717, 1.165) is 13.2 Å². The lowest BCUT2D eigenvalue weighted by atomic mass is 9.88. The van der Waals surface area contributed by atoms with Gasteiger partial charge in [-0.15, -0.1) is 0 Å². The molecule has 0 aromatic carbocycles. The molecule has 0 spiro atoms. The van der Waals surface area contributed by atoms with E-state index in [1.807, 2.05) is 6.66 Å². The van der Waals surface area contributed by atoms with Gasteiger partial charge in [0, 0.05) is 12.1 Å². The molecule has 1 saturated heterocycles. The minimum absolute atomic E-state index is 0.281. The Morgan fingerprint density at radius 3 is 2.36 bits per heavy atom. The molecule has 0 aromatic rings. The first-order chi connectivity index (χ1) is 5.16. The standard InChI is InChI=1S/C8H17O2P/c1-4-5-8(2)6-9-11(3)10-7-8/h4-7H2,1-3H3. The lowest BCUT2D eigenvalue weighted by molar-refractivity contribution is 0.0428. The molecule has 66 valence electrons. The van der Waals surface area contributed by atoms with E-state index in [9.17, 15) is 0 Å². The summed E-state index contributed by atoms with van der Waals surface area (Å²) >= 11 is 0. The molecular formula is C8H17O2P. The molecule has 0 aliphatic carbocycles. The quantitative estimate of drug-likeness (QED) is 0.602. The van der Waals surface area contributed by atoms with Gasteiger partial charge in [-0.25, -0.2) is 0 Å². The first kappa shape index (κ1) is 9.44. The smallest absolute Gasteiger partial charge is 0.167 e. The first-order valence-electron chi connectivity index (χ1n) is 4.16. The van der Waals surface area contributed by atoms with Crippen molar-refractivity contribution in [3.8, 4) is 0 Å². The molecule has 1 aliphatic heterocycles. The van der Waals surface area contributed by atoms with Gasteiger partial charge in [0.2, 0.25) is 0 Å². The van der Waals surface area contributed by atoms with Gasteiger partial charge >= 0.3 is 0 Å². The Balaban J connectivity index is 2.35. The second-order valence-corrected chi connectivity index (χ2v) is 4.94. The van der Waals surface area contributed by atoms with Crippen LogP contribution in [-0.4, -0.2) is 19.9 Å². The van der Waals surface area contributed by atoms with Crippen LogP contribution in [0, 0.1) is 5.41 Å². The summed E-state index contributed by atoms with van der Waals surface area (Å²) in [5.74, 6) is 0. The maximum Gasteiger partial charge on any atom is 0.167 e. The predicted molar refractivity (Wildman–Crippen MR) is 47.8 cm³/mol. The van der Waals surface area contributed by atoms with Gasteiger partial charge in [-0.05, 0) is 6.42 Å². The highest BCUT2D eigenvalue weighted by Crippen LogP contribution is 2.44. The van der Waals surface area contributed by atoms with Crippen molar-refractivity contribution in [1.82, 2.24) is 0 Å². The topological polar surface area (TPSA) is 18.5 Å². The fourth-order valence-corrected chi connectivity index (χ4v) is 2.38. The second kappa shape index (κ2) is 3.84. The van der Waals surface area contributed by atoms with Crippen molar-refractivity contribution in [2.75, 3.05) is 19.9 Å². The Bertz CT molecular complexity index is 119. The van der Waals surface area contributed by atoms with Crippen molar-refractivity contribution in [2.24, 2.45) is 5.41 Å². The molecule has 0 N–H and O–H groups in total. The molecule has 0 amide bonds. The van der Waals surface area contributed by atoms with E-state index in [1.54, 1.807) is 0 Å². The zero-order chi connectivity index (χ0) is 8.32. The Morgan fingerprint density at radius 2 is 1.91 bits per heavy atom. The third-order valence-electron chi connectivity index (χ3n) is 2.04. The van der Waals surface area contributed by atoms with Gasteiger partial charge in [0.15, 0.2) is 8.38 Å². The summed E-state index contributed by atoms with van der Waals surface area (Å²) in [6.07, 6.45) is 2.42. The Morgan fingerprint density at radius 1 is 1.36 bits per heavy atom. The second-order valence-electron chi connectivity index (χ2n) is 3.55. The van der Waals surface area contributed by atoms with Crippen molar-refractivity contribution < 1.29 is 9.05 Å². The molecule has 11 heavy (non-hydrogen) atoms. The molecule has 2 nitrogen and oxygen atoms in total. The van der Waals surface area contributed by atoms with E-state index >= 15 is 0 Å². The SMILES string of the molecule is CCCC1(C)COP(C)OC1. The highest BCUT2D eigenvalue weighted by Gasteiger charge is 2.30. The molecule has 1 aliphatic rings. The van der Waals surface area contributed by atoms with Crippen molar-refractivity contribution in [2.45, 2.75) is 26.7 Å². The highest BCUT2D eigenvalue weighted by atomic mass is 31.2. The molecule has 0 aromatic heterocycles. The summed E-state index contributed by atoms with van der Waals surface area (Å²) < 4.78 is 11.0. The van der Waals surface area contributed by atoms with Crippen molar-refractivity contribution >= 4 is 8.38 Å². The summed E-state index contributed by atoms with van der Waals surface area (Å²) in [5.41, 5.74) is 0.281. The molecule has 0 unspecified atom stereocenters. The Kier molecular flexibility index (Phi) is 3.29. The summed E-state index contributed by atoms with van der Waals surface area (Å²) in [7, 11) is -0.561. The Labute approximate surface area is 70.2 Å². The summed E-state index contributed by atoms with van der Waals surface area (Å²) in [5, 5.41) is 0. The number of hydrogen-bond donors (Lipinski definition) is 0. The normalized spacial score (nSPS) is 39.0. The molecule has 0 bridgehead atoms. The molecule has 3 heteroatoms. The van der Waals surface area contributed by atoms with Crippen molar-refractivity contribution in [3.05, 3.63) is 0 Å². The maximum absolute atomic E-state index is 5.49. The first-order valence-corrected chi connectivity index (χ1v) is 5.78. The number of rotatable bonds is 2. The van der Waals surface area contributed by atoms with Crippen LogP contribution >= 0.6 is 8.38 Å². The fraction of sp³-hybridized carbons (Fsp3) is 1.00. The lowest BCUT2D eigenvalue weighted by Gasteiger charge is -2.35. The van der Waals surface area contributed by atoms with Gasteiger partial charge in [0.05, 0.1) is 13.2 Å². The van der Waals surface area contributed by atoms with Gasteiger partial charge in [0.25, 0.3) is 0 Å². The van der Waals surface area contributed by atoms with E-state index in [0.29, 0.717) is 0 Å². The molecule has 0 atom stereocenters. The van der Waals surface area contributed by atoms with Gasteiger partial charge in [-0.2, -0.15) is 0 Å². The zero-order valence-electron chi connectivity index (χ0n) is 7.59. The van der Waals surface area contributed by atoms with Crippen LogP contribution in [0.15, 0.2) is 0 Å². The van der Waals surface area contributed by atoms with E-state index < -0.39 is 8.38 Å². The van der Waals surface area contributed by atoms with Crippen LogP contribution in [0.25, 0.3) is 0 Å². The molecule has 0 radical (unpaired) electrons. The minimum Gasteiger partial charge on any atom is -0.334 e. The lowest BCUT2D eigenvalue weighted by Crippen LogP contribution is -2.31. The van der Waals surface area contributed by atoms with Crippen molar-refractivity contribution in [3.63, 3.8) is 0 Å². The molecule has 1 rings (SSSR count). The van der Waals surface area contributed by atoms with Crippen LogP contribution in [0.5, 0.6) is 0 Å². The molecule has 1 heterocycles. The third-order valence-corrected chi connectivity index (χ3v) is 3.03. The van der Waals surface area contributed by atoms with Crippen LogP contribution in [0.1, 0.15) is 26.7 Å². The minimum atomic E-state index is -0.561. The average Bonchev–Trinajstić information content (AvgIpc) is 1.97. The van der Waals surface area contributed by atoms with Gasteiger partial charge in [0.1, 0.15) is 0 Å². The number of hydrogen-bond acceptors (Lipinski definition) is 2. The van der Waals surface area contributed by atoms with Crippen LogP contribution in [-0.2, 0) is 9.05 Å². The molecule has 0 saturated carbocycles. The van der Waals surface area contributed by atoms with Crippen molar-refractivity contribution in [1.29, 1.82) is 0 Å². The highest BCUT2D eigenvalue weighted by molar-refractivity contribution is 7.46. The maximum atomic E-state index is 5.49. The summed E-state index contributed by atoms with van der Waals surface area (Å²) in [6, 6.07) is 0. The van der Waals surface area contributed by atoms with Crippen LogP contribution in [0.3, 0.4) is 0 Å². The summed E-state index contributed by atoms with van der Waals surface area (Å²) in [6.45, 7) is 8.21. The average molecular weight is 176 g/mol. The van der Waals surface area contributed by atoms with E-state index in [-0.39, 0.29) is 5.41 Å². The third kappa shape index (κ3) is 2.70. The van der Waals surface area contributed by atoms with Crippen LogP contribution in [0.2, 0.25) is 0 Å². The molecule has 1 fully saturated rings. The van der Waals surface area contributed by atoms with Crippen LogP contribution in [0.4, 0.5) is 0 Å². The monoisotopic (exact) mass is 176 g/mol. The van der Waals surface area contributed by atoms with Crippen LogP contribution < -0.4 is 0 Å². The van der Waals surface area contributed by atoms with E-state index in [4.69, 9.17) is 9.05 Å². The largest absolute Gasteiger partial charge is 0.334 e. The van der Waals surface area contributed by atoms with Gasteiger partial charge < -0.3 is 9.05 Å². The summed E-state index contributed by atoms with van der Waals surface area (Å²) in [4.78, 5) is 0.